The number of anilines is 1. The number of rotatable bonds is 6. The van der Waals surface area contributed by atoms with E-state index in [0.29, 0.717) is 11.2 Å². The van der Waals surface area contributed by atoms with E-state index in [2.05, 4.69) is 39.1 Å². The summed E-state index contributed by atoms with van der Waals surface area (Å²) >= 11 is 0. The molecule has 3 aromatic heterocycles. The summed E-state index contributed by atoms with van der Waals surface area (Å²) < 4.78 is 1.59. The van der Waals surface area contributed by atoms with E-state index in [9.17, 15) is 9.59 Å². The van der Waals surface area contributed by atoms with Crippen molar-refractivity contribution in [1.29, 1.82) is 0 Å². The summed E-state index contributed by atoms with van der Waals surface area (Å²) in [6, 6.07) is 3.18. The van der Waals surface area contributed by atoms with Gasteiger partial charge in [0.05, 0.1) is 6.20 Å². The van der Waals surface area contributed by atoms with E-state index in [4.69, 9.17) is 0 Å². The van der Waals surface area contributed by atoms with Crippen molar-refractivity contribution >= 4 is 17.2 Å². The Balaban J connectivity index is 1.84. The molecule has 0 aliphatic carbocycles. The van der Waals surface area contributed by atoms with Gasteiger partial charge in [-0.2, -0.15) is 5.10 Å². The molecule has 0 fully saturated rings. The number of aromatic nitrogens is 4. The first-order chi connectivity index (χ1) is 12.1. The largest absolute Gasteiger partial charge is 0.327 e. The minimum Gasteiger partial charge on any atom is -0.327 e. The highest BCUT2D eigenvalue weighted by atomic mass is 16.2. The first kappa shape index (κ1) is 16.8. The molecular weight excluding hydrogens is 320 g/mol. The lowest BCUT2D eigenvalue weighted by molar-refractivity contribution is 0.102. The Hall–Kier alpha value is -3.00. The van der Waals surface area contributed by atoms with Gasteiger partial charge in [-0.15, -0.1) is 0 Å². The van der Waals surface area contributed by atoms with Gasteiger partial charge in [-0.05, 0) is 25.2 Å². The molecule has 0 aliphatic heterocycles. The van der Waals surface area contributed by atoms with E-state index in [0.717, 1.165) is 25.2 Å². The van der Waals surface area contributed by atoms with Crippen molar-refractivity contribution in [1.82, 2.24) is 24.5 Å². The van der Waals surface area contributed by atoms with Gasteiger partial charge in [0.25, 0.3) is 11.5 Å². The number of nitrogens with one attached hydrogen (secondary N) is 2. The van der Waals surface area contributed by atoms with Crippen molar-refractivity contribution in [3.8, 4) is 0 Å². The molecule has 3 heterocycles. The van der Waals surface area contributed by atoms with Crippen LogP contribution in [0, 0.1) is 0 Å². The second-order valence-electron chi connectivity index (χ2n) is 5.62. The van der Waals surface area contributed by atoms with Crippen LogP contribution < -0.4 is 10.9 Å². The smallest absolute Gasteiger partial charge is 0.271 e. The number of aromatic amines is 1. The van der Waals surface area contributed by atoms with Gasteiger partial charge in [-0.25, -0.2) is 9.50 Å². The summed E-state index contributed by atoms with van der Waals surface area (Å²) in [5.74, 6) is -0.421. The molecule has 0 aromatic carbocycles. The predicted octanol–water partition coefficient (Wildman–Crippen LogP) is 1.51. The number of pyridine rings is 1. The normalized spacial score (nSPS) is 11.2. The third kappa shape index (κ3) is 3.58. The molecule has 0 saturated heterocycles. The average Bonchev–Trinajstić information content (AvgIpc) is 3.05. The van der Waals surface area contributed by atoms with Gasteiger partial charge in [0.15, 0.2) is 5.65 Å². The third-order valence-corrected chi connectivity index (χ3v) is 4.02. The molecule has 0 saturated carbocycles. The molecule has 0 spiro atoms. The number of fused-ring (bicyclic) bond motifs is 1. The van der Waals surface area contributed by atoms with Crippen molar-refractivity contribution in [2.45, 2.75) is 20.4 Å². The average molecular weight is 340 g/mol. The van der Waals surface area contributed by atoms with Gasteiger partial charge in [0.1, 0.15) is 11.3 Å². The molecule has 3 aromatic rings. The maximum atomic E-state index is 12.4. The van der Waals surface area contributed by atoms with Crippen LogP contribution in [0.2, 0.25) is 0 Å². The molecule has 0 radical (unpaired) electrons. The minimum atomic E-state index is -0.421. The fourth-order valence-corrected chi connectivity index (χ4v) is 2.57. The number of amides is 1. The van der Waals surface area contributed by atoms with Crippen molar-refractivity contribution < 1.29 is 4.79 Å². The van der Waals surface area contributed by atoms with Gasteiger partial charge >= 0.3 is 0 Å². The Labute approximate surface area is 144 Å². The van der Waals surface area contributed by atoms with Crippen LogP contribution in [0.15, 0.2) is 41.7 Å². The summed E-state index contributed by atoms with van der Waals surface area (Å²) in [7, 11) is 0. The molecule has 0 bridgehead atoms. The van der Waals surface area contributed by atoms with E-state index < -0.39 is 5.91 Å². The van der Waals surface area contributed by atoms with Gasteiger partial charge in [-0.3, -0.25) is 14.5 Å². The number of carbonyl (C=O) groups is 1. The number of H-pyrrole nitrogens is 1. The second kappa shape index (κ2) is 7.27. The molecule has 0 atom stereocenters. The maximum Gasteiger partial charge on any atom is 0.271 e. The number of carbonyl (C=O) groups excluding carboxylic acids is 1. The van der Waals surface area contributed by atoms with Gasteiger partial charge in [0, 0.05) is 30.7 Å². The highest BCUT2D eigenvalue weighted by Gasteiger charge is 2.15. The Kier molecular flexibility index (Phi) is 4.90. The van der Waals surface area contributed by atoms with Crippen LogP contribution >= 0.6 is 0 Å². The molecule has 130 valence electrons. The van der Waals surface area contributed by atoms with Gasteiger partial charge in [-0.1, -0.05) is 13.8 Å². The van der Waals surface area contributed by atoms with E-state index in [1.54, 1.807) is 16.8 Å². The lowest BCUT2D eigenvalue weighted by Crippen LogP contribution is -2.22. The van der Waals surface area contributed by atoms with Crippen molar-refractivity contribution in [2.75, 3.05) is 18.4 Å². The topological polar surface area (TPSA) is 95.4 Å². The second-order valence-corrected chi connectivity index (χ2v) is 5.62. The Morgan fingerprint density at radius 3 is 2.84 bits per heavy atom. The van der Waals surface area contributed by atoms with Crippen LogP contribution in [-0.4, -0.2) is 43.5 Å². The highest BCUT2D eigenvalue weighted by molar-refractivity contribution is 6.08. The molecule has 0 unspecified atom stereocenters. The zero-order chi connectivity index (χ0) is 17.8. The minimum absolute atomic E-state index is 0.185. The van der Waals surface area contributed by atoms with Crippen molar-refractivity contribution in [3.05, 3.63) is 58.4 Å². The quantitative estimate of drug-likeness (QED) is 0.709. The SMILES string of the molecule is CCN(CC)Cc1cnc2c(C(=O)Nc3ccc[nH]c3=O)cnn2c1. The zero-order valence-electron chi connectivity index (χ0n) is 14.2. The summed E-state index contributed by atoms with van der Waals surface area (Å²) in [5, 5.41) is 6.80. The van der Waals surface area contributed by atoms with Crippen LogP contribution in [0.4, 0.5) is 5.69 Å². The predicted molar refractivity (Wildman–Crippen MR) is 94.6 cm³/mol. The molecule has 1 amide bonds. The molecule has 2 N–H and O–H groups in total. The number of nitrogens with zero attached hydrogens (tertiary/aromatic N) is 4. The molecule has 8 heteroatoms. The fraction of sp³-hybridized carbons (Fsp3) is 0.294. The Morgan fingerprint density at radius 2 is 2.12 bits per heavy atom. The highest BCUT2D eigenvalue weighted by Crippen LogP contribution is 2.12. The Bertz CT molecular complexity index is 941. The summed E-state index contributed by atoms with van der Waals surface area (Å²) in [4.78, 5) is 33.3. The van der Waals surface area contributed by atoms with Gasteiger partial charge in [0.2, 0.25) is 0 Å². The number of hydrogen-bond acceptors (Lipinski definition) is 5. The first-order valence-electron chi connectivity index (χ1n) is 8.16. The number of hydrogen-bond donors (Lipinski definition) is 2. The maximum absolute atomic E-state index is 12.4. The van der Waals surface area contributed by atoms with E-state index >= 15 is 0 Å². The van der Waals surface area contributed by atoms with Crippen LogP contribution in [-0.2, 0) is 6.54 Å². The van der Waals surface area contributed by atoms with E-state index in [1.165, 1.54) is 18.5 Å². The Morgan fingerprint density at radius 1 is 1.32 bits per heavy atom. The lowest BCUT2D eigenvalue weighted by Gasteiger charge is -2.17. The van der Waals surface area contributed by atoms with Crippen LogP contribution in [0.3, 0.4) is 0 Å². The monoisotopic (exact) mass is 340 g/mol. The lowest BCUT2D eigenvalue weighted by atomic mass is 10.2. The standard InChI is InChI=1S/C17H20N6O2/c1-3-22(4-2)10-12-8-19-15-13(9-20-23(15)11-12)16(24)21-14-6-5-7-18-17(14)25/h5-9,11H,3-4,10H2,1-2H3,(H,18,25)(H,21,24). The molecular formula is C17H20N6O2. The fourth-order valence-electron chi connectivity index (χ4n) is 2.57. The van der Waals surface area contributed by atoms with Crippen molar-refractivity contribution in [3.63, 3.8) is 0 Å². The molecule has 3 rings (SSSR count). The van der Waals surface area contributed by atoms with Gasteiger partial charge < -0.3 is 10.3 Å². The molecule has 0 aliphatic rings. The zero-order valence-corrected chi connectivity index (χ0v) is 14.2. The van der Waals surface area contributed by atoms with E-state index in [-0.39, 0.29) is 11.2 Å². The first-order valence-corrected chi connectivity index (χ1v) is 8.16. The van der Waals surface area contributed by atoms with Crippen LogP contribution in [0.1, 0.15) is 29.8 Å². The van der Waals surface area contributed by atoms with Crippen molar-refractivity contribution in [2.24, 2.45) is 0 Å². The van der Waals surface area contributed by atoms with Crippen LogP contribution in [0.5, 0.6) is 0 Å². The molecule has 8 nitrogen and oxygen atoms in total. The summed E-state index contributed by atoms with van der Waals surface area (Å²) in [5.41, 5.74) is 1.61. The summed E-state index contributed by atoms with van der Waals surface area (Å²) in [6.07, 6.45) is 6.58. The van der Waals surface area contributed by atoms with Crippen LogP contribution in [0.25, 0.3) is 5.65 Å². The van der Waals surface area contributed by atoms with E-state index in [1.807, 2.05) is 6.20 Å². The molecule has 25 heavy (non-hydrogen) atoms. The third-order valence-electron chi connectivity index (χ3n) is 4.02. The summed E-state index contributed by atoms with van der Waals surface area (Å²) in [6.45, 7) is 6.89.